The van der Waals surface area contributed by atoms with E-state index >= 15 is 0 Å². The Morgan fingerprint density at radius 3 is 2.32 bits per heavy atom. The number of carbonyl (C=O) groups is 1. The number of hydrogen-bond donors (Lipinski definition) is 1. The van der Waals surface area contributed by atoms with Crippen LogP contribution in [0.3, 0.4) is 0 Å². The number of alkyl halides is 3. The van der Waals surface area contributed by atoms with Gasteiger partial charge in [-0.15, -0.1) is 0 Å². The standard InChI is InChI=1S/C18H19F3N2O2/c1-12-4-7-14(8-5-12)25-11-17(24)22-15-10-13(18(19,20)21)6-9-16(15)23(2)3/h4-10H,11H2,1-3H3,(H,22,24). The van der Waals surface area contributed by atoms with E-state index in [-0.39, 0.29) is 12.3 Å². The molecule has 1 amide bonds. The lowest BCUT2D eigenvalue weighted by atomic mass is 10.1. The van der Waals surface area contributed by atoms with Crippen molar-refractivity contribution in [1.82, 2.24) is 0 Å². The summed E-state index contributed by atoms with van der Waals surface area (Å²) < 4.78 is 44.0. The number of anilines is 2. The van der Waals surface area contributed by atoms with Crippen molar-refractivity contribution in [3.8, 4) is 5.75 Å². The summed E-state index contributed by atoms with van der Waals surface area (Å²) in [5.41, 5.74) is 0.776. The molecule has 2 aromatic carbocycles. The van der Waals surface area contributed by atoms with E-state index in [2.05, 4.69) is 5.32 Å². The molecule has 2 aromatic rings. The maximum atomic E-state index is 12.9. The van der Waals surface area contributed by atoms with Gasteiger partial charge in [0.05, 0.1) is 16.9 Å². The van der Waals surface area contributed by atoms with Crippen LogP contribution in [0.25, 0.3) is 0 Å². The number of halogens is 3. The Kier molecular flexibility index (Phi) is 5.56. The number of rotatable bonds is 5. The van der Waals surface area contributed by atoms with Crippen LogP contribution in [-0.2, 0) is 11.0 Å². The summed E-state index contributed by atoms with van der Waals surface area (Å²) in [5.74, 6) is -0.0272. The number of benzene rings is 2. The molecule has 1 N–H and O–H groups in total. The molecule has 0 unspecified atom stereocenters. The molecule has 0 fully saturated rings. The van der Waals surface area contributed by atoms with Crippen LogP contribution >= 0.6 is 0 Å². The third-order valence-electron chi connectivity index (χ3n) is 3.47. The summed E-state index contributed by atoms with van der Waals surface area (Å²) in [6.45, 7) is 1.62. The van der Waals surface area contributed by atoms with Crippen molar-refractivity contribution in [2.75, 3.05) is 30.9 Å². The second kappa shape index (κ2) is 7.46. The van der Waals surface area contributed by atoms with Crippen molar-refractivity contribution in [2.45, 2.75) is 13.1 Å². The van der Waals surface area contributed by atoms with Gasteiger partial charge in [0.25, 0.3) is 5.91 Å². The Balaban J connectivity index is 2.11. The number of amides is 1. The molecule has 0 aliphatic heterocycles. The number of ether oxygens (including phenoxy) is 1. The molecule has 4 nitrogen and oxygen atoms in total. The number of nitrogens with one attached hydrogen (secondary N) is 1. The van der Waals surface area contributed by atoms with Gasteiger partial charge in [-0.1, -0.05) is 17.7 Å². The predicted octanol–water partition coefficient (Wildman–Crippen LogP) is 4.10. The van der Waals surface area contributed by atoms with Gasteiger partial charge in [-0.25, -0.2) is 0 Å². The second-order valence-electron chi connectivity index (χ2n) is 5.77. The van der Waals surface area contributed by atoms with Gasteiger partial charge >= 0.3 is 6.18 Å². The maximum absolute atomic E-state index is 12.9. The topological polar surface area (TPSA) is 41.6 Å². The van der Waals surface area contributed by atoms with Gasteiger partial charge in [-0.05, 0) is 37.3 Å². The van der Waals surface area contributed by atoms with E-state index in [9.17, 15) is 18.0 Å². The number of carbonyl (C=O) groups excluding carboxylic acids is 1. The molecule has 7 heteroatoms. The van der Waals surface area contributed by atoms with Crippen LogP contribution in [0.4, 0.5) is 24.5 Å². The minimum atomic E-state index is -4.48. The normalized spacial score (nSPS) is 11.1. The molecule has 0 saturated heterocycles. The highest BCUT2D eigenvalue weighted by Gasteiger charge is 2.31. The third-order valence-corrected chi connectivity index (χ3v) is 3.47. The minimum absolute atomic E-state index is 0.0809. The van der Waals surface area contributed by atoms with Gasteiger partial charge in [-0.2, -0.15) is 13.2 Å². The van der Waals surface area contributed by atoms with Crippen molar-refractivity contribution < 1.29 is 22.7 Å². The molecule has 0 aliphatic rings. The van der Waals surface area contributed by atoms with E-state index in [0.29, 0.717) is 11.4 Å². The van der Waals surface area contributed by atoms with Crippen molar-refractivity contribution in [3.05, 3.63) is 53.6 Å². The van der Waals surface area contributed by atoms with E-state index in [1.807, 2.05) is 19.1 Å². The van der Waals surface area contributed by atoms with Gasteiger partial charge in [0.1, 0.15) is 5.75 Å². The predicted molar refractivity (Wildman–Crippen MR) is 91.1 cm³/mol. The summed E-state index contributed by atoms with van der Waals surface area (Å²) in [5, 5.41) is 2.48. The van der Waals surface area contributed by atoms with Gasteiger partial charge in [0, 0.05) is 14.1 Å². The average Bonchev–Trinajstić information content (AvgIpc) is 2.53. The van der Waals surface area contributed by atoms with Crippen LogP contribution in [0.1, 0.15) is 11.1 Å². The molecule has 0 saturated carbocycles. The Bertz CT molecular complexity index is 741. The van der Waals surface area contributed by atoms with E-state index in [0.717, 1.165) is 17.7 Å². The van der Waals surface area contributed by atoms with Gasteiger partial charge < -0.3 is 15.0 Å². The number of nitrogens with zero attached hydrogens (tertiary/aromatic N) is 1. The first-order chi connectivity index (χ1) is 11.7. The molecule has 0 atom stereocenters. The summed E-state index contributed by atoms with van der Waals surface area (Å²) >= 11 is 0. The highest BCUT2D eigenvalue weighted by atomic mass is 19.4. The zero-order valence-electron chi connectivity index (χ0n) is 14.1. The lowest BCUT2D eigenvalue weighted by molar-refractivity contribution is -0.137. The molecule has 0 bridgehead atoms. The highest BCUT2D eigenvalue weighted by molar-refractivity contribution is 5.95. The lowest BCUT2D eigenvalue weighted by Gasteiger charge is -2.20. The van der Waals surface area contributed by atoms with Crippen molar-refractivity contribution >= 4 is 17.3 Å². The minimum Gasteiger partial charge on any atom is -0.484 e. The molecule has 0 aromatic heterocycles. The van der Waals surface area contributed by atoms with Crippen LogP contribution in [0, 0.1) is 6.92 Å². The fourth-order valence-electron chi connectivity index (χ4n) is 2.17. The Hall–Kier alpha value is -2.70. The van der Waals surface area contributed by atoms with E-state index in [4.69, 9.17) is 4.74 Å². The average molecular weight is 352 g/mol. The van der Waals surface area contributed by atoms with Crippen LogP contribution in [0.2, 0.25) is 0 Å². The molecule has 25 heavy (non-hydrogen) atoms. The Labute approximate surface area is 144 Å². The molecule has 2 rings (SSSR count). The molecular weight excluding hydrogens is 333 g/mol. The molecule has 0 spiro atoms. The third kappa shape index (κ3) is 5.14. The Morgan fingerprint density at radius 2 is 1.76 bits per heavy atom. The van der Waals surface area contributed by atoms with Crippen molar-refractivity contribution in [1.29, 1.82) is 0 Å². The quantitative estimate of drug-likeness (QED) is 0.881. The first kappa shape index (κ1) is 18.6. The molecule has 0 heterocycles. The molecular formula is C18H19F3N2O2. The van der Waals surface area contributed by atoms with E-state index < -0.39 is 17.6 Å². The van der Waals surface area contributed by atoms with E-state index in [1.54, 1.807) is 31.1 Å². The van der Waals surface area contributed by atoms with E-state index in [1.165, 1.54) is 6.07 Å². The summed E-state index contributed by atoms with van der Waals surface area (Å²) in [4.78, 5) is 13.7. The fraction of sp³-hybridized carbons (Fsp3) is 0.278. The molecule has 134 valence electrons. The monoisotopic (exact) mass is 352 g/mol. The molecule has 0 radical (unpaired) electrons. The molecule has 0 aliphatic carbocycles. The largest absolute Gasteiger partial charge is 0.484 e. The van der Waals surface area contributed by atoms with Crippen LogP contribution in [0.15, 0.2) is 42.5 Å². The SMILES string of the molecule is Cc1ccc(OCC(=O)Nc2cc(C(F)(F)F)ccc2N(C)C)cc1. The van der Waals surface area contributed by atoms with Crippen molar-refractivity contribution in [3.63, 3.8) is 0 Å². The maximum Gasteiger partial charge on any atom is 0.416 e. The summed E-state index contributed by atoms with van der Waals surface area (Å²) in [6.07, 6.45) is -4.48. The van der Waals surface area contributed by atoms with Crippen LogP contribution in [0.5, 0.6) is 5.75 Å². The first-order valence-electron chi connectivity index (χ1n) is 7.54. The van der Waals surface area contributed by atoms with Crippen molar-refractivity contribution in [2.24, 2.45) is 0 Å². The second-order valence-corrected chi connectivity index (χ2v) is 5.77. The zero-order chi connectivity index (χ0) is 18.6. The van der Waals surface area contributed by atoms with Gasteiger partial charge in [-0.3, -0.25) is 4.79 Å². The van der Waals surface area contributed by atoms with Gasteiger partial charge in [0.2, 0.25) is 0 Å². The van der Waals surface area contributed by atoms with Crippen LogP contribution < -0.4 is 15.0 Å². The van der Waals surface area contributed by atoms with Gasteiger partial charge in [0.15, 0.2) is 6.61 Å². The smallest absolute Gasteiger partial charge is 0.416 e. The highest BCUT2D eigenvalue weighted by Crippen LogP contribution is 2.34. The lowest BCUT2D eigenvalue weighted by Crippen LogP contribution is -2.22. The zero-order valence-corrected chi connectivity index (χ0v) is 14.1. The first-order valence-corrected chi connectivity index (χ1v) is 7.54. The number of hydrogen-bond acceptors (Lipinski definition) is 3. The summed E-state index contributed by atoms with van der Waals surface area (Å²) in [6, 6.07) is 10.3. The van der Waals surface area contributed by atoms with Crippen LogP contribution in [-0.4, -0.2) is 26.6 Å². The Morgan fingerprint density at radius 1 is 1.12 bits per heavy atom. The summed E-state index contributed by atoms with van der Waals surface area (Å²) in [7, 11) is 3.36. The fourth-order valence-corrected chi connectivity index (χ4v) is 2.17. The number of aryl methyl sites for hydroxylation is 1.